The minimum absolute atomic E-state index is 0.0645. The molecule has 2 rings (SSSR count). The Hall–Kier alpha value is -2.22. The van der Waals surface area contributed by atoms with E-state index in [1.54, 1.807) is 6.07 Å². The number of anilines is 2. The molecule has 0 fully saturated rings. The van der Waals surface area contributed by atoms with Crippen molar-refractivity contribution in [3.05, 3.63) is 36.2 Å². The highest BCUT2D eigenvalue weighted by atomic mass is 32.2. The molecule has 8 heteroatoms. The van der Waals surface area contributed by atoms with Crippen LogP contribution in [-0.2, 0) is 16.4 Å². The highest BCUT2D eigenvalue weighted by molar-refractivity contribution is 7.92. The van der Waals surface area contributed by atoms with E-state index in [2.05, 4.69) is 19.9 Å². The Balaban J connectivity index is 2.32. The lowest BCUT2D eigenvalue weighted by Crippen LogP contribution is -2.15. The maximum Gasteiger partial charge on any atom is 0.264 e. The number of sulfonamides is 1. The van der Waals surface area contributed by atoms with Crippen molar-refractivity contribution in [2.75, 3.05) is 10.5 Å². The average molecular weight is 279 g/mol. The smallest absolute Gasteiger partial charge is 0.264 e. The third kappa shape index (κ3) is 2.97. The molecule has 0 atom stereocenters. The fourth-order valence-corrected chi connectivity index (χ4v) is 2.52. The molecule has 0 unspecified atom stereocenters. The minimum Gasteiger partial charge on any atom is -0.398 e. The van der Waals surface area contributed by atoms with Crippen molar-refractivity contribution in [1.29, 1.82) is 0 Å². The summed E-state index contributed by atoms with van der Waals surface area (Å²) in [4.78, 5) is 3.81. The first-order valence-corrected chi connectivity index (χ1v) is 7.06. The van der Waals surface area contributed by atoms with Gasteiger partial charge in [0.1, 0.15) is 0 Å². The summed E-state index contributed by atoms with van der Waals surface area (Å²) < 4.78 is 26.4. The Bertz CT molecular complexity index is 673. The predicted molar refractivity (Wildman–Crippen MR) is 70.9 cm³/mol. The number of nitrogens with one attached hydrogen (secondary N) is 1. The van der Waals surface area contributed by atoms with Crippen LogP contribution in [0.2, 0.25) is 0 Å². The first-order chi connectivity index (χ1) is 9.03. The molecule has 0 amide bonds. The van der Waals surface area contributed by atoms with Crippen LogP contribution in [-0.4, -0.2) is 23.6 Å². The molecule has 1 aromatic carbocycles. The maximum absolute atomic E-state index is 12.1. The molecular weight excluding hydrogens is 266 g/mol. The van der Waals surface area contributed by atoms with Gasteiger partial charge in [0.05, 0.1) is 17.3 Å². The third-order valence-electron chi connectivity index (χ3n) is 2.52. The van der Waals surface area contributed by atoms with E-state index < -0.39 is 10.0 Å². The number of nitrogens with zero attached hydrogens (tertiary/aromatic N) is 3. The first-order valence-electron chi connectivity index (χ1n) is 5.58. The van der Waals surface area contributed by atoms with Crippen molar-refractivity contribution in [3.63, 3.8) is 0 Å². The first kappa shape index (κ1) is 13.2. The molecule has 100 valence electrons. The van der Waals surface area contributed by atoms with Crippen LogP contribution >= 0.6 is 0 Å². The van der Waals surface area contributed by atoms with Crippen LogP contribution in [0.4, 0.5) is 11.6 Å². The van der Waals surface area contributed by atoms with Crippen molar-refractivity contribution in [2.45, 2.75) is 18.2 Å². The van der Waals surface area contributed by atoms with E-state index >= 15 is 0 Å². The summed E-state index contributed by atoms with van der Waals surface area (Å²) in [7, 11) is -3.76. The molecule has 1 heterocycles. The van der Waals surface area contributed by atoms with Gasteiger partial charge in [-0.3, -0.25) is 0 Å². The van der Waals surface area contributed by atoms with E-state index in [9.17, 15) is 8.42 Å². The zero-order chi connectivity index (χ0) is 13.9. The molecule has 3 N–H and O–H groups in total. The van der Waals surface area contributed by atoms with Crippen LogP contribution in [0.1, 0.15) is 12.5 Å². The highest BCUT2D eigenvalue weighted by Crippen LogP contribution is 2.19. The van der Waals surface area contributed by atoms with E-state index in [0.29, 0.717) is 5.69 Å². The SMILES string of the molecule is CCc1ccc(S(=O)(=O)Nc2nccnn2)cc1N. The van der Waals surface area contributed by atoms with Crippen molar-refractivity contribution < 1.29 is 8.42 Å². The molecule has 0 saturated carbocycles. The van der Waals surface area contributed by atoms with E-state index in [-0.39, 0.29) is 10.8 Å². The second-order valence-electron chi connectivity index (χ2n) is 3.79. The molecule has 19 heavy (non-hydrogen) atoms. The third-order valence-corrected chi connectivity index (χ3v) is 3.84. The molecule has 0 bridgehead atoms. The summed E-state index contributed by atoms with van der Waals surface area (Å²) >= 11 is 0. The van der Waals surface area contributed by atoms with E-state index in [4.69, 9.17) is 5.73 Å². The number of rotatable bonds is 4. The van der Waals surface area contributed by atoms with Gasteiger partial charge >= 0.3 is 0 Å². The summed E-state index contributed by atoms with van der Waals surface area (Å²) in [5.74, 6) is -0.0827. The molecule has 7 nitrogen and oxygen atoms in total. The predicted octanol–water partition coefficient (Wildman–Crippen LogP) is 0.817. The Morgan fingerprint density at radius 2 is 2.11 bits per heavy atom. The van der Waals surface area contributed by atoms with Gasteiger partial charge in [0.2, 0.25) is 0 Å². The quantitative estimate of drug-likeness (QED) is 0.801. The number of aryl methyl sites for hydroxylation is 1. The number of hydrogen-bond acceptors (Lipinski definition) is 6. The molecule has 0 radical (unpaired) electrons. The van der Waals surface area contributed by atoms with Crippen molar-refractivity contribution in [3.8, 4) is 0 Å². The highest BCUT2D eigenvalue weighted by Gasteiger charge is 2.16. The van der Waals surface area contributed by atoms with Gasteiger partial charge in [-0.15, -0.1) is 5.10 Å². The number of benzene rings is 1. The van der Waals surface area contributed by atoms with Gasteiger partial charge in [0.15, 0.2) is 0 Å². The van der Waals surface area contributed by atoms with Crippen LogP contribution in [0, 0.1) is 0 Å². The van der Waals surface area contributed by atoms with E-state index in [1.165, 1.54) is 24.5 Å². The fourth-order valence-electron chi connectivity index (χ4n) is 1.54. The lowest BCUT2D eigenvalue weighted by Gasteiger charge is -2.08. The Kier molecular flexibility index (Phi) is 3.61. The normalized spacial score (nSPS) is 11.2. The van der Waals surface area contributed by atoms with Crippen LogP contribution in [0.3, 0.4) is 0 Å². The number of nitrogens with two attached hydrogens (primary N) is 1. The standard InChI is InChI=1S/C11H13N5O2S/c1-2-8-3-4-9(7-10(8)12)19(17,18)16-11-13-5-6-14-15-11/h3-7H,2,12H2,1H3,(H,13,15,16). The van der Waals surface area contributed by atoms with Crippen molar-refractivity contribution >= 4 is 21.7 Å². The van der Waals surface area contributed by atoms with Crippen LogP contribution in [0.15, 0.2) is 35.5 Å². The van der Waals surface area contributed by atoms with Crippen LogP contribution in [0.25, 0.3) is 0 Å². The van der Waals surface area contributed by atoms with E-state index in [0.717, 1.165) is 12.0 Å². The molecule has 0 saturated heterocycles. The summed E-state index contributed by atoms with van der Waals surface area (Å²) in [6.45, 7) is 1.95. The van der Waals surface area contributed by atoms with Gasteiger partial charge in [0, 0.05) is 5.69 Å². The van der Waals surface area contributed by atoms with Crippen LogP contribution in [0.5, 0.6) is 0 Å². The van der Waals surface area contributed by atoms with Gasteiger partial charge in [-0.05, 0) is 24.1 Å². The van der Waals surface area contributed by atoms with Crippen molar-refractivity contribution in [2.24, 2.45) is 0 Å². The zero-order valence-corrected chi connectivity index (χ0v) is 11.1. The lowest BCUT2D eigenvalue weighted by molar-refractivity contribution is 0.600. The van der Waals surface area contributed by atoms with Crippen LogP contribution < -0.4 is 10.5 Å². The number of nitrogen functional groups attached to an aromatic ring is 1. The zero-order valence-electron chi connectivity index (χ0n) is 10.2. The van der Waals surface area contributed by atoms with Gasteiger partial charge < -0.3 is 5.73 Å². The number of hydrogen-bond donors (Lipinski definition) is 2. The van der Waals surface area contributed by atoms with Gasteiger partial charge in [-0.2, -0.15) is 5.10 Å². The Morgan fingerprint density at radius 3 is 2.68 bits per heavy atom. The fraction of sp³-hybridized carbons (Fsp3) is 0.182. The summed E-state index contributed by atoms with van der Waals surface area (Å²) in [6.07, 6.45) is 3.44. The summed E-state index contributed by atoms with van der Waals surface area (Å²) in [6, 6.07) is 4.60. The molecule has 0 aliphatic carbocycles. The molecule has 0 spiro atoms. The summed E-state index contributed by atoms with van der Waals surface area (Å²) in [5.41, 5.74) is 7.13. The Labute approximate surface area is 110 Å². The average Bonchev–Trinajstić information content (AvgIpc) is 2.39. The van der Waals surface area contributed by atoms with E-state index in [1.807, 2.05) is 6.92 Å². The maximum atomic E-state index is 12.1. The van der Waals surface area contributed by atoms with Gasteiger partial charge in [-0.25, -0.2) is 18.1 Å². The van der Waals surface area contributed by atoms with Crippen molar-refractivity contribution in [1.82, 2.24) is 15.2 Å². The Morgan fingerprint density at radius 1 is 1.32 bits per heavy atom. The largest absolute Gasteiger partial charge is 0.398 e. The molecule has 0 aliphatic rings. The summed E-state index contributed by atoms with van der Waals surface area (Å²) in [5, 5.41) is 7.11. The second kappa shape index (κ2) is 5.19. The number of aromatic nitrogens is 3. The molecular formula is C11H13N5O2S. The minimum atomic E-state index is -3.76. The monoisotopic (exact) mass is 279 g/mol. The molecule has 0 aliphatic heterocycles. The molecule has 2 aromatic rings. The molecule has 1 aromatic heterocycles. The lowest BCUT2D eigenvalue weighted by atomic mass is 10.1. The van der Waals surface area contributed by atoms with Gasteiger partial charge in [0.25, 0.3) is 16.0 Å². The topological polar surface area (TPSA) is 111 Å². The van der Waals surface area contributed by atoms with Gasteiger partial charge in [-0.1, -0.05) is 13.0 Å². The second-order valence-corrected chi connectivity index (χ2v) is 5.47.